The van der Waals surface area contributed by atoms with Crippen LogP contribution in [-0.2, 0) is 12.7 Å². The van der Waals surface area contributed by atoms with Crippen LogP contribution < -0.4 is 16.3 Å². The van der Waals surface area contributed by atoms with Gasteiger partial charge >= 0.3 is 11.9 Å². The predicted molar refractivity (Wildman–Crippen MR) is 146 cm³/mol. The van der Waals surface area contributed by atoms with Gasteiger partial charge in [-0.05, 0) is 61.9 Å². The number of aromatic nitrogens is 4. The van der Waals surface area contributed by atoms with Crippen molar-refractivity contribution in [3.8, 4) is 5.69 Å². The highest BCUT2D eigenvalue weighted by atomic mass is 35.5. The number of imidazole rings is 1. The normalized spacial score (nSPS) is 17.4. The summed E-state index contributed by atoms with van der Waals surface area (Å²) in [5.41, 5.74) is 0.0757. The summed E-state index contributed by atoms with van der Waals surface area (Å²) in [6.45, 7) is 0.438. The first-order valence-corrected chi connectivity index (χ1v) is 13.4. The predicted octanol–water partition coefficient (Wildman–Crippen LogP) is 4.60. The molecule has 2 N–H and O–H groups in total. The summed E-state index contributed by atoms with van der Waals surface area (Å²) in [6.07, 6.45) is -0.0198. The van der Waals surface area contributed by atoms with Gasteiger partial charge in [0.25, 0.3) is 11.8 Å². The summed E-state index contributed by atoms with van der Waals surface area (Å²) in [5, 5.41) is 5.15. The molecule has 1 fully saturated rings. The third-order valence-electron chi connectivity index (χ3n) is 7.29. The van der Waals surface area contributed by atoms with E-state index in [1.165, 1.54) is 13.2 Å². The molecule has 0 spiro atoms. The number of amides is 2. The number of hydrogen-bond donors (Lipinski definition) is 2. The molecular weight excluding hydrogens is 561 g/mol. The van der Waals surface area contributed by atoms with E-state index in [2.05, 4.69) is 20.6 Å². The van der Waals surface area contributed by atoms with E-state index < -0.39 is 23.3 Å². The summed E-state index contributed by atoms with van der Waals surface area (Å²) in [6, 6.07) is 11.3. The zero-order chi connectivity index (χ0) is 29.3. The lowest BCUT2D eigenvalue weighted by molar-refractivity contribution is -0.141. The Labute approximate surface area is 237 Å². The molecule has 1 aliphatic carbocycles. The minimum absolute atomic E-state index is 0.0605. The largest absolute Gasteiger partial charge is 0.434 e. The van der Waals surface area contributed by atoms with Gasteiger partial charge in [0, 0.05) is 25.8 Å². The number of benzene rings is 1. The first-order chi connectivity index (χ1) is 19.6. The second-order valence-electron chi connectivity index (χ2n) is 9.94. The Morgan fingerprint density at radius 1 is 1.00 bits per heavy atom. The van der Waals surface area contributed by atoms with E-state index in [4.69, 9.17) is 11.6 Å². The van der Waals surface area contributed by atoms with E-state index in [0.717, 1.165) is 17.8 Å². The van der Waals surface area contributed by atoms with Crippen LogP contribution in [0.15, 0.2) is 59.7 Å². The molecule has 9 nitrogen and oxygen atoms in total. The summed E-state index contributed by atoms with van der Waals surface area (Å²) >= 11 is 5.81. The molecule has 0 bridgehead atoms. The van der Waals surface area contributed by atoms with Crippen molar-refractivity contribution in [3.63, 3.8) is 0 Å². The molecule has 13 heteroatoms. The van der Waals surface area contributed by atoms with Crippen LogP contribution >= 0.6 is 11.6 Å². The van der Waals surface area contributed by atoms with Crippen LogP contribution in [0.2, 0.25) is 5.02 Å². The van der Waals surface area contributed by atoms with Gasteiger partial charge in [0.1, 0.15) is 5.69 Å². The molecule has 2 amide bonds. The molecule has 0 radical (unpaired) electrons. The molecular formula is C28H26ClF3N6O3. The Bertz CT molecular complexity index is 1660. The molecule has 4 aromatic rings. The lowest BCUT2D eigenvalue weighted by Crippen LogP contribution is -2.39. The average molecular weight is 587 g/mol. The van der Waals surface area contributed by atoms with Crippen LogP contribution in [0.5, 0.6) is 0 Å². The number of hydrogen-bond acceptors (Lipinski definition) is 5. The van der Waals surface area contributed by atoms with Crippen LogP contribution in [-0.4, -0.2) is 44.0 Å². The van der Waals surface area contributed by atoms with Crippen LogP contribution in [0.1, 0.15) is 52.2 Å². The van der Waals surface area contributed by atoms with Gasteiger partial charge in [0.2, 0.25) is 0 Å². The molecule has 0 saturated heterocycles. The van der Waals surface area contributed by atoms with Crippen molar-refractivity contribution in [3.05, 3.63) is 87.3 Å². The Kier molecular flexibility index (Phi) is 7.85. The van der Waals surface area contributed by atoms with E-state index in [-0.39, 0.29) is 34.3 Å². The van der Waals surface area contributed by atoms with Gasteiger partial charge in [0.15, 0.2) is 5.69 Å². The van der Waals surface area contributed by atoms with Crippen molar-refractivity contribution in [1.82, 2.24) is 29.7 Å². The number of pyridine rings is 2. The Hall–Kier alpha value is -4.19. The van der Waals surface area contributed by atoms with Gasteiger partial charge in [-0.25, -0.2) is 14.8 Å². The number of nitrogens with zero attached hydrogens (tertiary/aromatic N) is 4. The van der Waals surface area contributed by atoms with Crippen LogP contribution in [0.3, 0.4) is 0 Å². The number of carbonyl (C=O) groups is 2. The van der Waals surface area contributed by atoms with Gasteiger partial charge in [-0.3, -0.25) is 18.7 Å². The minimum atomic E-state index is -4.79. The fourth-order valence-electron chi connectivity index (χ4n) is 5.26. The van der Waals surface area contributed by atoms with Crippen LogP contribution in [0, 0.1) is 5.92 Å². The molecule has 1 aromatic carbocycles. The van der Waals surface area contributed by atoms with E-state index in [0.29, 0.717) is 43.4 Å². The van der Waals surface area contributed by atoms with E-state index in [1.807, 2.05) is 24.3 Å². The third kappa shape index (κ3) is 5.83. The summed E-state index contributed by atoms with van der Waals surface area (Å²) < 4.78 is 43.3. The standard InChI is InChI=1S/C28H26ClF3N6O3/c1-33-26(40)21-11-10-19(14-34-21)38-23-5-3-2-4-22(23)37(27(38)41)15-16-6-8-18(9-7-16)36-25(39)20-12-17(29)13-35-24(20)28(30,31)32/h2-5,10-14,16,18H,6-9,15H2,1H3,(H,33,40)(H,36,39)/t16-,18-. The Morgan fingerprint density at radius 3 is 2.34 bits per heavy atom. The molecule has 1 saturated carbocycles. The summed E-state index contributed by atoms with van der Waals surface area (Å²) in [7, 11) is 1.51. The fraction of sp³-hybridized carbons (Fsp3) is 0.321. The smallest absolute Gasteiger partial charge is 0.354 e. The van der Waals surface area contributed by atoms with Crippen molar-refractivity contribution in [2.75, 3.05) is 7.05 Å². The van der Waals surface area contributed by atoms with Crippen LogP contribution in [0.4, 0.5) is 13.2 Å². The van der Waals surface area contributed by atoms with E-state index in [9.17, 15) is 27.6 Å². The highest BCUT2D eigenvalue weighted by Crippen LogP contribution is 2.32. The van der Waals surface area contributed by atoms with Crippen molar-refractivity contribution in [2.24, 2.45) is 5.92 Å². The maximum atomic E-state index is 13.6. The van der Waals surface area contributed by atoms with Gasteiger partial charge in [-0.15, -0.1) is 0 Å². The second-order valence-corrected chi connectivity index (χ2v) is 10.4. The van der Waals surface area contributed by atoms with Gasteiger partial charge in [-0.2, -0.15) is 13.2 Å². The maximum absolute atomic E-state index is 13.6. The van der Waals surface area contributed by atoms with Crippen molar-refractivity contribution < 1.29 is 22.8 Å². The molecule has 5 rings (SSSR count). The van der Waals surface area contributed by atoms with Gasteiger partial charge in [0.05, 0.1) is 33.5 Å². The van der Waals surface area contributed by atoms with Crippen molar-refractivity contribution in [2.45, 2.75) is 44.4 Å². The SMILES string of the molecule is CNC(=O)c1ccc(-n2c(=O)n(C[C@H]3CC[C@H](NC(=O)c4cc(Cl)cnc4C(F)(F)F)CC3)c3ccccc32)cn1. The lowest BCUT2D eigenvalue weighted by Gasteiger charge is -2.29. The van der Waals surface area contributed by atoms with Crippen molar-refractivity contribution >= 4 is 34.4 Å². The quantitative estimate of drug-likeness (QED) is 0.343. The number of carbonyl (C=O) groups excluding carboxylic acids is 2. The molecule has 1 aliphatic rings. The molecule has 214 valence electrons. The number of rotatable bonds is 6. The Balaban J connectivity index is 1.30. The van der Waals surface area contributed by atoms with Gasteiger partial charge < -0.3 is 10.6 Å². The molecule has 3 heterocycles. The topological polar surface area (TPSA) is 111 Å². The number of halogens is 4. The number of alkyl halides is 3. The number of fused-ring (bicyclic) bond motifs is 1. The maximum Gasteiger partial charge on any atom is 0.434 e. The third-order valence-corrected chi connectivity index (χ3v) is 7.50. The summed E-state index contributed by atoms with van der Waals surface area (Å²) in [5.74, 6) is -1.08. The van der Waals surface area contributed by atoms with E-state index >= 15 is 0 Å². The zero-order valence-corrected chi connectivity index (χ0v) is 22.7. The minimum Gasteiger partial charge on any atom is -0.354 e. The van der Waals surface area contributed by atoms with Gasteiger partial charge in [-0.1, -0.05) is 23.7 Å². The molecule has 0 atom stereocenters. The van der Waals surface area contributed by atoms with Crippen molar-refractivity contribution in [1.29, 1.82) is 0 Å². The molecule has 3 aromatic heterocycles. The second kappa shape index (κ2) is 11.4. The monoisotopic (exact) mass is 586 g/mol. The molecule has 0 unspecified atom stereocenters. The fourth-order valence-corrected chi connectivity index (χ4v) is 5.42. The first kappa shape index (κ1) is 28.3. The lowest BCUT2D eigenvalue weighted by atomic mass is 9.85. The molecule has 0 aliphatic heterocycles. The van der Waals surface area contributed by atoms with E-state index in [1.54, 1.807) is 21.3 Å². The Morgan fingerprint density at radius 2 is 1.71 bits per heavy atom. The highest BCUT2D eigenvalue weighted by Gasteiger charge is 2.38. The molecule has 41 heavy (non-hydrogen) atoms. The average Bonchev–Trinajstić information content (AvgIpc) is 3.23. The number of para-hydroxylation sites is 2. The first-order valence-electron chi connectivity index (χ1n) is 13.0. The summed E-state index contributed by atoms with van der Waals surface area (Å²) in [4.78, 5) is 45.7. The highest BCUT2D eigenvalue weighted by molar-refractivity contribution is 6.30. The zero-order valence-electron chi connectivity index (χ0n) is 21.9. The van der Waals surface area contributed by atoms with Crippen LogP contribution in [0.25, 0.3) is 16.7 Å². The number of nitrogens with one attached hydrogen (secondary N) is 2.